The van der Waals surface area contributed by atoms with E-state index in [2.05, 4.69) is 10.1 Å². The van der Waals surface area contributed by atoms with Crippen LogP contribution in [0.4, 0.5) is 0 Å². The monoisotopic (exact) mass is 433 g/mol. The molecule has 3 unspecified atom stereocenters. The summed E-state index contributed by atoms with van der Waals surface area (Å²) in [6, 6.07) is 1.27. The van der Waals surface area contributed by atoms with Crippen LogP contribution in [-0.2, 0) is 18.8 Å². The van der Waals surface area contributed by atoms with Gasteiger partial charge in [0.05, 0.1) is 18.6 Å². The van der Waals surface area contributed by atoms with Crippen molar-refractivity contribution in [1.29, 1.82) is 0 Å². The van der Waals surface area contributed by atoms with Crippen LogP contribution in [0.2, 0.25) is 0 Å². The van der Waals surface area contributed by atoms with Gasteiger partial charge in [0.2, 0.25) is 0 Å². The summed E-state index contributed by atoms with van der Waals surface area (Å²) in [5.41, 5.74) is -0.985. The number of H-pyrrole nitrogens is 1. The fraction of sp³-hybridized carbons (Fsp3) is 0.722. The molecule has 10 nitrogen and oxygen atoms in total. The van der Waals surface area contributed by atoms with Crippen molar-refractivity contribution in [3.05, 3.63) is 33.1 Å². The minimum Gasteiger partial charge on any atom is -0.464 e. The number of ether oxygens (including phenoxy) is 2. The van der Waals surface area contributed by atoms with E-state index in [1.165, 1.54) is 16.8 Å². The number of nitrogens with zero attached hydrogens (tertiary/aromatic N) is 1. The molecule has 4 atom stereocenters. The average molecular weight is 433 g/mol. The van der Waals surface area contributed by atoms with E-state index in [-0.39, 0.29) is 43.7 Å². The zero-order chi connectivity index (χ0) is 22.0. The predicted molar refractivity (Wildman–Crippen MR) is 109 cm³/mol. The molecule has 1 aliphatic rings. The third kappa shape index (κ3) is 8.36. The number of rotatable bonds is 9. The molecule has 2 heterocycles. The van der Waals surface area contributed by atoms with Gasteiger partial charge in [-0.2, -0.15) is 0 Å². The van der Waals surface area contributed by atoms with Crippen molar-refractivity contribution in [1.82, 2.24) is 14.6 Å². The highest BCUT2D eigenvalue weighted by molar-refractivity contribution is 7.43. The van der Waals surface area contributed by atoms with Gasteiger partial charge in [-0.1, -0.05) is 34.6 Å². The molecule has 1 saturated heterocycles. The largest absolute Gasteiger partial charge is 0.464 e. The second-order valence-electron chi connectivity index (χ2n) is 6.68. The van der Waals surface area contributed by atoms with Gasteiger partial charge in [0.25, 0.3) is 14.1 Å². The van der Waals surface area contributed by atoms with E-state index in [0.29, 0.717) is 6.42 Å². The van der Waals surface area contributed by atoms with E-state index in [1.54, 1.807) is 13.8 Å². The lowest BCUT2D eigenvalue weighted by Crippen LogP contribution is -2.33. The Balaban J connectivity index is 0.00000204. The quantitative estimate of drug-likeness (QED) is 0.303. The molecule has 1 aromatic rings. The first kappa shape index (κ1) is 25.5. The first-order valence-corrected chi connectivity index (χ1v) is 11.0. The molecule has 1 aromatic heterocycles. The van der Waals surface area contributed by atoms with Crippen molar-refractivity contribution in [2.24, 2.45) is 11.8 Å². The zero-order valence-corrected chi connectivity index (χ0v) is 18.5. The molecule has 0 amide bonds. The third-order valence-electron chi connectivity index (χ3n) is 4.03. The van der Waals surface area contributed by atoms with Gasteiger partial charge in [0.15, 0.2) is 0 Å². The van der Waals surface area contributed by atoms with Gasteiger partial charge >= 0.3 is 11.7 Å². The van der Waals surface area contributed by atoms with E-state index in [9.17, 15) is 19.3 Å². The lowest BCUT2D eigenvalue weighted by atomic mass is 10.1. The van der Waals surface area contributed by atoms with Crippen LogP contribution in [0.25, 0.3) is 0 Å². The molecule has 0 radical (unpaired) electrons. The van der Waals surface area contributed by atoms with Crippen molar-refractivity contribution < 1.29 is 23.7 Å². The minimum atomic E-state index is -1.87. The Morgan fingerprint density at radius 3 is 2.76 bits per heavy atom. The van der Waals surface area contributed by atoms with Crippen LogP contribution < -0.4 is 16.3 Å². The molecule has 166 valence electrons. The summed E-state index contributed by atoms with van der Waals surface area (Å²) in [6.07, 6.45) is 1.26. The normalized spacial score (nSPS) is 22.1. The fourth-order valence-electron chi connectivity index (χ4n) is 2.65. The van der Waals surface area contributed by atoms with Crippen LogP contribution in [0.1, 0.15) is 47.3 Å². The van der Waals surface area contributed by atoms with Gasteiger partial charge in [0.1, 0.15) is 12.8 Å². The van der Waals surface area contributed by atoms with Crippen molar-refractivity contribution >= 4 is 14.5 Å². The second kappa shape index (κ2) is 12.9. The number of hydrogen-bond acceptors (Lipinski definition) is 8. The molecule has 1 aliphatic heterocycles. The smallest absolute Gasteiger partial charge is 0.330 e. The number of aromatic nitrogens is 2. The van der Waals surface area contributed by atoms with Crippen LogP contribution in [-0.4, -0.2) is 46.3 Å². The summed E-state index contributed by atoms with van der Waals surface area (Å²) >= 11 is 0. The molecule has 29 heavy (non-hydrogen) atoms. The Morgan fingerprint density at radius 1 is 1.45 bits per heavy atom. The molecular weight excluding hydrogens is 401 g/mol. The summed E-state index contributed by atoms with van der Waals surface area (Å²) < 4.78 is 17.5. The summed E-state index contributed by atoms with van der Waals surface area (Å²) in [7, 11) is -1.87. The van der Waals surface area contributed by atoms with Crippen LogP contribution in [0.3, 0.4) is 0 Å². The van der Waals surface area contributed by atoms with E-state index in [1.807, 2.05) is 20.8 Å². The second-order valence-corrected chi connectivity index (χ2v) is 7.80. The first-order chi connectivity index (χ1) is 13.8. The molecule has 0 aromatic carbocycles. The number of carbonyl (C=O) groups is 1. The van der Waals surface area contributed by atoms with Crippen LogP contribution in [0.5, 0.6) is 0 Å². The lowest BCUT2D eigenvalue weighted by Gasteiger charge is -2.18. The Labute approximate surface area is 171 Å². The van der Waals surface area contributed by atoms with Crippen molar-refractivity contribution in [2.45, 2.75) is 53.4 Å². The highest BCUT2D eigenvalue weighted by Crippen LogP contribution is 2.35. The zero-order valence-electron chi connectivity index (χ0n) is 17.6. The minimum absolute atomic E-state index is 0.0375. The van der Waals surface area contributed by atoms with E-state index in [4.69, 9.17) is 14.0 Å². The van der Waals surface area contributed by atoms with Crippen molar-refractivity contribution in [3.8, 4) is 0 Å². The number of esters is 1. The van der Waals surface area contributed by atoms with Gasteiger partial charge < -0.3 is 18.9 Å². The summed E-state index contributed by atoms with van der Waals surface area (Å²) in [6.45, 7) is 10.0. The highest BCUT2D eigenvalue weighted by Gasteiger charge is 2.34. The molecule has 2 rings (SSSR count). The van der Waals surface area contributed by atoms with Gasteiger partial charge in [-0.05, 0) is 6.42 Å². The molecule has 0 bridgehead atoms. The van der Waals surface area contributed by atoms with Gasteiger partial charge in [0, 0.05) is 24.7 Å². The van der Waals surface area contributed by atoms with Crippen LogP contribution in [0.15, 0.2) is 21.9 Å². The van der Waals surface area contributed by atoms with E-state index in [0.717, 1.165) is 0 Å². The van der Waals surface area contributed by atoms with Crippen molar-refractivity contribution in [3.63, 3.8) is 0 Å². The number of carbonyl (C=O) groups excluding carboxylic acids is 1. The number of nitrogens with one attached hydrogen (secondary N) is 2. The topological polar surface area (TPSA) is 132 Å². The molecule has 1 fully saturated rings. The van der Waals surface area contributed by atoms with Gasteiger partial charge in [-0.25, -0.2) is 9.88 Å². The molecular formula is C18H32N3O7P. The maximum atomic E-state index is 11.9. The Bertz CT molecular complexity index is 737. The maximum Gasteiger partial charge on any atom is 0.330 e. The Kier molecular flexibility index (Phi) is 11.3. The van der Waals surface area contributed by atoms with Gasteiger partial charge in [-0.15, -0.1) is 0 Å². The first-order valence-electron chi connectivity index (χ1n) is 9.77. The van der Waals surface area contributed by atoms with Crippen molar-refractivity contribution in [2.75, 3.05) is 19.8 Å². The Hall–Kier alpha value is -1.58. The predicted octanol–water partition coefficient (Wildman–Crippen LogP) is 1.51. The van der Waals surface area contributed by atoms with E-state index < -0.39 is 26.0 Å². The van der Waals surface area contributed by atoms with E-state index >= 15 is 0 Å². The lowest BCUT2D eigenvalue weighted by molar-refractivity contribution is -0.147. The number of hydrogen-bond donors (Lipinski definition) is 3. The SMILES string of the molecule is CC.CC(C)C(=O)OCCN[P@@](O)OCC1CC(C)C(n2ccc(=O)[nH]c2=O)O1. The molecule has 0 aliphatic carbocycles. The molecule has 0 saturated carbocycles. The summed E-state index contributed by atoms with van der Waals surface area (Å²) in [4.78, 5) is 46.4. The van der Waals surface area contributed by atoms with Gasteiger partial charge in [-0.3, -0.25) is 19.1 Å². The summed E-state index contributed by atoms with van der Waals surface area (Å²) in [5, 5.41) is 2.74. The standard InChI is InChI=1S/C16H26N3O7P.C2H6/c1-10(2)15(21)24-7-5-17-27(23)25-9-12-8-11(3)14(26-12)19-6-4-13(20)18-16(19)22;1-2/h4,6,10-12,14,17,23H,5,7-9H2,1-3H3,(H,18,20,22);1-2H3/t11?,12?,14?,27-;/m0./s1. The number of aromatic amines is 1. The highest BCUT2D eigenvalue weighted by atomic mass is 31.2. The third-order valence-corrected chi connectivity index (χ3v) is 4.91. The molecule has 0 spiro atoms. The van der Waals surface area contributed by atoms with Crippen LogP contribution in [0, 0.1) is 11.8 Å². The Morgan fingerprint density at radius 2 is 2.14 bits per heavy atom. The average Bonchev–Trinajstić information content (AvgIpc) is 3.05. The molecule has 11 heteroatoms. The summed E-state index contributed by atoms with van der Waals surface area (Å²) in [5.74, 6) is -0.450. The molecule has 3 N–H and O–H groups in total. The maximum absolute atomic E-state index is 11.9. The fourth-order valence-corrected chi connectivity index (χ4v) is 3.33. The van der Waals surface area contributed by atoms with Crippen LogP contribution >= 0.6 is 8.53 Å².